The number of carbonyl (C=O) groups excluding carboxylic acids is 3. The van der Waals surface area contributed by atoms with Crippen LogP contribution in [0.5, 0.6) is 0 Å². The highest BCUT2D eigenvalue weighted by molar-refractivity contribution is 7.80. The number of carboxylic acids is 1. The standard InChI is InChI=1S/C23H31N5O5S/c24-12-17-7-4-10-28(17)22(31)18(25)8-9-20(29)26-13-19(23(32)33)27-21(30)16(14-34)11-15-5-2-1-3-6-15/h1-3,5-6,16-19,34H,4,7-11,13-14,25H2,(H,26,29)(H,27,30)(H,32,33). The highest BCUT2D eigenvalue weighted by Gasteiger charge is 2.32. The Kier molecular flexibility index (Phi) is 10.8. The lowest BCUT2D eigenvalue weighted by atomic mass is 10.00. The van der Waals surface area contributed by atoms with Crippen molar-refractivity contribution in [1.82, 2.24) is 15.5 Å². The second-order valence-electron chi connectivity index (χ2n) is 8.24. The van der Waals surface area contributed by atoms with Crippen molar-refractivity contribution in [3.05, 3.63) is 35.9 Å². The lowest BCUT2D eigenvalue weighted by Gasteiger charge is -2.23. The van der Waals surface area contributed by atoms with Crippen molar-refractivity contribution in [2.75, 3.05) is 18.8 Å². The molecular formula is C23H31N5O5S. The first-order valence-electron chi connectivity index (χ1n) is 11.2. The van der Waals surface area contributed by atoms with Crippen LogP contribution >= 0.6 is 12.6 Å². The van der Waals surface area contributed by atoms with Gasteiger partial charge in [-0.1, -0.05) is 30.3 Å². The molecule has 0 aliphatic carbocycles. The van der Waals surface area contributed by atoms with Crippen LogP contribution in [0.3, 0.4) is 0 Å². The highest BCUT2D eigenvalue weighted by atomic mass is 32.1. The fraction of sp³-hybridized carbons (Fsp3) is 0.522. The van der Waals surface area contributed by atoms with E-state index in [9.17, 15) is 24.3 Å². The molecule has 3 amide bonds. The SMILES string of the molecule is N#CC1CCCN1C(=O)C(N)CCC(=O)NCC(NC(=O)C(CS)Cc1ccccc1)C(=O)O. The van der Waals surface area contributed by atoms with Gasteiger partial charge < -0.3 is 26.4 Å². The summed E-state index contributed by atoms with van der Waals surface area (Å²) in [6.07, 6.45) is 1.72. The van der Waals surface area contributed by atoms with Gasteiger partial charge in [-0.05, 0) is 31.2 Å². The number of hydrogen-bond acceptors (Lipinski definition) is 7. The summed E-state index contributed by atoms with van der Waals surface area (Å²) in [6.45, 7) is 0.158. The van der Waals surface area contributed by atoms with Gasteiger partial charge in [0.2, 0.25) is 17.7 Å². The number of benzene rings is 1. The molecule has 1 saturated heterocycles. The van der Waals surface area contributed by atoms with Crippen LogP contribution < -0.4 is 16.4 Å². The number of nitrogens with one attached hydrogen (secondary N) is 2. The van der Waals surface area contributed by atoms with Gasteiger partial charge in [-0.3, -0.25) is 14.4 Å². The Balaban J connectivity index is 1.81. The first-order chi connectivity index (χ1) is 16.3. The molecule has 1 fully saturated rings. The molecule has 0 aromatic heterocycles. The Morgan fingerprint density at radius 1 is 1.26 bits per heavy atom. The van der Waals surface area contributed by atoms with E-state index in [0.29, 0.717) is 19.4 Å². The van der Waals surface area contributed by atoms with Gasteiger partial charge in [0, 0.05) is 25.3 Å². The van der Waals surface area contributed by atoms with Crippen molar-refractivity contribution in [2.45, 2.75) is 50.2 Å². The number of nitriles is 1. The number of nitrogens with two attached hydrogens (primary N) is 1. The van der Waals surface area contributed by atoms with Crippen molar-refractivity contribution in [1.29, 1.82) is 5.26 Å². The number of amides is 3. The monoisotopic (exact) mass is 489 g/mol. The molecule has 1 heterocycles. The van der Waals surface area contributed by atoms with E-state index in [4.69, 9.17) is 11.0 Å². The van der Waals surface area contributed by atoms with Crippen molar-refractivity contribution >= 4 is 36.3 Å². The molecule has 0 spiro atoms. The third kappa shape index (κ3) is 8.04. The summed E-state index contributed by atoms with van der Waals surface area (Å²) in [6, 6.07) is 8.66. The van der Waals surface area contributed by atoms with E-state index in [1.807, 2.05) is 30.3 Å². The third-order valence-electron chi connectivity index (χ3n) is 5.72. The topological polar surface area (TPSA) is 166 Å². The number of likely N-dealkylation sites (tertiary alicyclic amines) is 1. The molecule has 0 bridgehead atoms. The number of nitrogens with zero attached hydrogens (tertiary/aromatic N) is 2. The molecule has 1 aromatic rings. The van der Waals surface area contributed by atoms with Crippen LogP contribution in [-0.4, -0.2) is 70.7 Å². The molecule has 1 aromatic carbocycles. The average Bonchev–Trinajstić information content (AvgIpc) is 3.32. The number of carboxylic acid groups (broad SMARTS) is 1. The van der Waals surface area contributed by atoms with Crippen molar-refractivity contribution in [2.24, 2.45) is 11.7 Å². The van der Waals surface area contributed by atoms with Gasteiger partial charge >= 0.3 is 5.97 Å². The fourth-order valence-corrected chi connectivity index (χ4v) is 4.02. The quantitative estimate of drug-likeness (QED) is 0.259. The zero-order valence-electron chi connectivity index (χ0n) is 18.9. The Morgan fingerprint density at radius 3 is 2.59 bits per heavy atom. The van der Waals surface area contributed by atoms with Crippen molar-refractivity contribution in [3.63, 3.8) is 0 Å². The molecule has 4 atom stereocenters. The molecule has 2 rings (SSSR count). The van der Waals surface area contributed by atoms with E-state index in [1.165, 1.54) is 4.90 Å². The number of carbonyl (C=O) groups is 4. The largest absolute Gasteiger partial charge is 0.480 e. The first kappa shape index (κ1) is 27.1. The van der Waals surface area contributed by atoms with Gasteiger partial charge in [0.15, 0.2) is 0 Å². The average molecular weight is 490 g/mol. The molecule has 34 heavy (non-hydrogen) atoms. The number of thiol groups is 1. The molecule has 184 valence electrons. The van der Waals surface area contributed by atoms with Crippen LogP contribution in [0.2, 0.25) is 0 Å². The van der Waals surface area contributed by atoms with Crippen LogP contribution in [0.15, 0.2) is 30.3 Å². The normalized spacial score (nSPS) is 17.8. The zero-order chi connectivity index (χ0) is 25.1. The van der Waals surface area contributed by atoms with Crippen molar-refractivity contribution in [3.8, 4) is 6.07 Å². The lowest BCUT2D eigenvalue weighted by Crippen LogP contribution is -2.50. The van der Waals surface area contributed by atoms with Gasteiger partial charge in [0.1, 0.15) is 12.1 Å². The van der Waals surface area contributed by atoms with Crippen LogP contribution in [0.1, 0.15) is 31.2 Å². The molecular weight excluding hydrogens is 458 g/mol. The molecule has 11 heteroatoms. The van der Waals surface area contributed by atoms with E-state index in [0.717, 1.165) is 12.0 Å². The fourth-order valence-electron chi connectivity index (χ4n) is 3.72. The molecule has 5 N–H and O–H groups in total. The van der Waals surface area contributed by atoms with Crippen LogP contribution in [0, 0.1) is 17.2 Å². The molecule has 1 aliphatic rings. The number of hydrogen-bond donors (Lipinski definition) is 5. The minimum atomic E-state index is -1.31. The van der Waals surface area contributed by atoms with Crippen molar-refractivity contribution < 1.29 is 24.3 Å². The third-order valence-corrected chi connectivity index (χ3v) is 6.16. The Morgan fingerprint density at radius 2 is 1.97 bits per heavy atom. The summed E-state index contributed by atoms with van der Waals surface area (Å²) in [5.41, 5.74) is 6.83. The maximum Gasteiger partial charge on any atom is 0.328 e. The van der Waals surface area contributed by atoms with E-state index in [1.54, 1.807) is 0 Å². The van der Waals surface area contributed by atoms with E-state index in [-0.39, 0.29) is 31.0 Å². The van der Waals surface area contributed by atoms with Crippen LogP contribution in [0.4, 0.5) is 0 Å². The van der Waals surface area contributed by atoms with Crippen LogP contribution in [-0.2, 0) is 25.6 Å². The maximum atomic E-state index is 12.6. The smallest absolute Gasteiger partial charge is 0.328 e. The van der Waals surface area contributed by atoms with E-state index >= 15 is 0 Å². The predicted octanol–water partition coefficient (Wildman–Crippen LogP) is 0.0828. The van der Waals surface area contributed by atoms with Gasteiger partial charge in [0.05, 0.1) is 18.0 Å². The summed E-state index contributed by atoms with van der Waals surface area (Å²) >= 11 is 4.21. The van der Waals surface area contributed by atoms with Gasteiger partial charge in [-0.2, -0.15) is 17.9 Å². The lowest BCUT2D eigenvalue weighted by molar-refractivity contribution is -0.142. The molecule has 4 unspecified atom stereocenters. The molecule has 0 saturated carbocycles. The second kappa shape index (κ2) is 13.6. The minimum Gasteiger partial charge on any atom is -0.480 e. The molecule has 0 radical (unpaired) electrons. The summed E-state index contributed by atoms with van der Waals surface area (Å²) in [5, 5.41) is 23.5. The van der Waals surface area contributed by atoms with Gasteiger partial charge in [-0.25, -0.2) is 4.79 Å². The molecule has 10 nitrogen and oxygen atoms in total. The second-order valence-corrected chi connectivity index (χ2v) is 8.60. The van der Waals surface area contributed by atoms with Crippen LogP contribution in [0.25, 0.3) is 0 Å². The molecule has 1 aliphatic heterocycles. The van der Waals surface area contributed by atoms with Gasteiger partial charge in [-0.15, -0.1) is 0 Å². The Hall–Kier alpha value is -3.10. The Labute approximate surface area is 204 Å². The maximum absolute atomic E-state index is 12.6. The zero-order valence-corrected chi connectivity index (χ0v) is 19.7. The highest BCUT2D eigenvalue weighted by Crippen LogP contribution is 2.18. The Bertz CT molecular complexity index is 907. The summed E-state index contributed by atoms with van der Waals surface area (Å²) in [4.78, 5) is 50.2. The summed E-state index contributed by atoms with van der Waals surface area (Å²) in [7, 11) is 0. The predicted molar refractivity (Wildman–Crippen MR) is 128 cm³/mol. The van der Waals surface area contributed by atoms with Gasteiger partial charge in [0.25, 0.3) is 0 Å². The summed E-state index contributed by atoms with van der Waals surface area (Å²) in [5.74, 6) is -2.91. The first-order valence-corrected chi connectivity index (χ1v) is 11.8. The van der Waals surface area contributed by atoms with E-state index in [2.05, 4.69) is 29.3 Å². The summed E-state index contributed by atoms with van der Waals surface area (Å²) < 4.78 is 0. The number of rotatable bonds is 12. The minimum absolute atomic E-state index is 0.0578. The van der Waals surface area contributed by atoms with E-state index < -0.39 is 41.8 Å². The number of aliphatic carboxylic acids is 1.